The predicted octanol–water partition coefficient (Wildman–Crippen LogP) is 1.46. The fourth-order valence-corrected chi connectivity index (χ4v) is 2.07. The molecule has 0 spiro atoms. The van der Waals surface area contributed by atoms with Crippen LogP contribution in [-0.2, 0) is 4.79 Å². The molecule has 1 fully saturated rings. The van der Waals surface area contributed by atoms with E-state index in [1.807, 2.05) is 13.8 Å². The summed E-state index contributed by atoms with van der Waals surface area (Å²) in [6, 6.07) is -0.177. The molecule has 0 aliphatic heterocycles. The summed E-state index contributed by atoms with van der Waals surface area (Å²) in [5.74, 6) is 0.466. The van der Waals surface area contributed by atoms with Gasteiger partial charge in [-0.2, -0.15) is 0 Å². The van der Waals surface area contributed by atoms with Gasteiger partial charge in [0.05, 0.1) is 11.0 Å². The molecule has 0 aromatic heterocycles. The van der Waals surface area contributed by atoms with Crippen molar-refractivity contribution < 1.29 is 4.79 Å². The first-order valence-corrected chi connectivity index (χ1v) is 5.76. The van der Waals surface area contributed by atoms with Gasteiger partial charge in [-0.05, 0) is 17.8 Å². The van der Waals surface area contributed by atoms with Crippen molar-refractivity contribution in [1.29, 1.82) is 0 Å². The lowest BCUT2D eigenvalue weighted by Gasteiger charge is -2.21. The number of thiocarbonyl (C=S) groups is 1. The molecule has 2 unspecified atom stereocenters. The van der Waals surface area contributed by atoms with Gasteiger partial charge in [-0.25, -0.2) is 0 Å². The highest BCUT2D eigenvalue weighted by Gasteiger charge is 2.50. The van der Waals surface area contributed by atoms with E-state index in [1.54, 1.807) is 0 Å². The molecule has 15 heavy (non-hydrogen) atoms. The first-order valence-electron chi connectivity index (χ1n) is 5.35. The number of hydrogen-bond acceptors (Lipinski definition) is 2. The number of carbonyl (C=O) groups is 1. The summed E-state index contributed by atoms with van der Waals surface area (Å²) >= 11 is 4.94. The standard InChI is InChI=1S/C11H20N2OS/c1-6(2)8(9(12)15)13-10(14)7-5-11(7,3)4/h6-8H,5H2,1-4H3,(H2,12,15)(H,13,14). The van der Waals surface area contributed by atoms with Crippen molar-refractivity contribution in [2.75, 3.05) is 0 Å². The van der Waals surface area contributed by atoms with Crippen LogP contribution in [0.5, 0.6) is 0 Å². The summed E-state index contributed by atoms with van der Waals surface area (Å²) in [6.07, 6.45) is 0.959. The molecular formula is C11H20N2OS. The second kappa shape index (κ2) is 4.08. The van der Waals surface area contributed by atoms with Gasteiger partial charge in [-0.1, -0.05) is 39.9 Å². The maximum absolute atomic E-state index is 11.8. The van der Waals surface area contributed by atoms with Gasteiger partial charge in [0.25, 0.3) is 0 Å². The Morgan fingerprint density at radius 3 is 2.27 bits per heavy atom. The molecule has 3 N–H and O–H groups in total. The molecule has 3 nitrogen and oxygen atoms in total. The van der Waals surface area contributed by atoms with Crippen molar-refractivity contribution in [2.24, 2.45) is 23.0 Å². The molecule has 0 aromatic carbocycles. The molecule has 1 aliphatic rings. The molecule has 0 radical (unpaired) electrons. The zero-order chi connectivity index (χ0) is 11.8. The van der Waals surface area contributed by atoms with Gasteiger partial charge in [0.15, 0.2) is 0 Å². The van der Waals surface area contributed by atoms with E-state index in [9.17, 15) is 4.79 Å². The molecule has 86 valence electrons. The van der Waals surface area contributed by atoms with E-state index >= 15 is 0 Å². The van der Waals surface area contributed by atoms with Crippen LogP contribution in [0.4, 0.5) is 0 Å². The summed E-state index contributed by atoms with van der Waals surface area (Å²) in [6.45, 7) is 8.20. The Balaban J connectivity index is 2.53. The fraction of sp³-hybridized carbons (Fsp3) is 0.818. The van der Waals surface area contributed by atoms with E-state index in [4.69, 9.17) is 18.0 Å². The SMILES string of the molecule is CC(C)C(NC(=O)C1CC1(C)C)C(N)=S. The quantitative estimate of drug-likeness (QED) is 0.716. The van der Waals surface area contributed by atoms with E-state index in [-0.39, 0.29) is 29.2 Å². The number of rotatable bonds is 4. The van der Waals surface area contributed by atoms with E-state index < -0.39 is 0 Å². The van der Waals surface area contributed by atoms with Crippen LogP contribution in [0, 0.1) is 17.3 Å². The minimum Gasteiger partial charge on any atom is -0.392 e. The zero-order valence-corrected chi connectivity index (χ0v) is 10.6. The second-order valence-corrected chi connectivity index (χ2v) is 5.85. The summed E-state index contributed by atoms with van der Waals surface area (Å²) in [7, 11) is 0. The largest absolute Gasteiger partial charge is 0.392 e. The summed E-state index contributed by atoms with van der Waals surface area (Å²) in [5.41, 5.74) is 5.75. The van der Waals surface area contributed by atoms with Gasteiger partial charge in [0, 0.05) is 5.92 Å². The first-order chi connectivity index (χ1) is 6.75. The normalized spacial score (nSPS) is 24.7. The Bertz CT molecular complexity index is 286. The van der Waals surface area contributed by atoms with Crippen molar-refractivity contribution in [1.82, 2.24) is 5.32 Å². The lowest BCUT2D eigenvalue weighted by Crippen LogP contribution is -2.47. The maximum atomic E-state index is 11.8. The van der Waals surface area contributed by atoms with Crippen molar-refractivity contribution in [3.05, 3.63) is 0 Å². The van der Waals surface area contributed by atoms with Gasteiger partial charge in [0.1, 0.15) is 0 Å². The molecule has 4 heteroatoms. The Morgan fingerprint density at radius 2 is 2.00 bits per heavy atom. The summed E-state index contributed by atoms with van der Waals surface area (Å²) < 4.78 is 0. The van der Waals surface area contributed by atoms with Crippen LogP contribution >= 0.6 is 12.2 Å². The van der Waals surface area contributed by atoms with E-state index in [2.05, 4.69) is 19.2 Å². The van der Waals surface area contributed by atoms with Gasteiger partial charge in [-0.15, -0.1) is 0 Å². The molecule has 1 saturated carbocycles. The third-order valence-corrected chi connectivity index (χ3v) is 3.35. The lowest BCUT2D eigenvalue weighted by molar-refractivity contribution is -0.123. The minimum atomic E-state index is -0.177. The number of amides is 1. The zero-order valence-electron chi connectivity index (χ0n) is 9.83. The number of nitrogens with one attached hydrogen (secondary N) is 1. The molecular weight excluding hydrogens is 208 g/mol. The summed E-state index contributed by atoms with van der Waals surface area (Å²) in [5, 5.41) is 2.93. The van der Waals surface area contributed by atoms with E-state index in [0.29, 0.717) is 4.99 Å². The highest BCUT2D eigenvalue weighted by Crippen LogP contribution is 2.51. The van der Waals surface area contributed by atoms with Crippen LogP contribution in [0.3, 0.4) is 0 Å². The van der Waals surface area contributed by atoms with Crippen LogP contribution in [0.2, 0.25) is 0 Å². The number of nitrogens with two attached hydrogens (primary N) is 1. The van der Waals surface area contributed by atoms with Gasteiger partial charge in [0.2, 0.25) is 5.91 Å². The highest BCUT2D eigenvalue weighted by molar-refractivity contribution is 7.80. The van der Waals surface area contributed by atoms with Crippen LogP contribution in [0.15, 0.2) is 0 Å². The lowest BCUT2D eigenvalue weighted by atomic mass is 10.0. The third-order valence-electron chi connectivity index (χ3n) is 3.10. The maximum Gasteiger partial charge on any atom is 0.224 e. The van der Waals surface area contributed by atoms with Crippen molar-refractivity contribution in [2.45, 2.75) is 40.2 Å². The van der Waals surface area contributed by atoms with Crippen LogP contribution in [0.25, 0.3) is 0 Å². The van der Waals surface area contributed by atoms with Crippen molar-refractivity contribution >= 4 is 23.1 Å². The van der Waals surface area contributed by atoms with Crippen molar-refractivity contribution in [3.8, 4) is 0 Å². The molecule has 0 heterocycles. The summed E-state index contributed by atoms with van der Waals surface area (Å²) in [4.78, 5) is 12.2. The van der Waals surface area contributed by atoms with Crippen LogP contribution < -0.4 is 11.1 Å². The van der Waals surface area contributed by atoms with Crippen LogP contribution in [0.1, 0.15) is 34.1 Å². The smallest absolute Gasteiger partial charge is 0.224 e. The number of hydrogen-bond donors (Lipinski definition) is 2. The van der Waals surface area contributed by atoms with Gasteiger partial charge >= 0.3 is 0 Å². The Kier molecular flexibility index (Phi) is 3.38. The van der Waals surface area contributed by atoms with Gasteiger partial charge < -0.3 is 11.1 Å². The average Bonchev–Trinajstić information content (AvgIpc) is 2.69. The molecule has 1 aliphatic carbocycles. The highest BCUT2D eigenvalue weighted by atomic mass is 32.1. The average molecular weight is 228 g/mol. The molecule has 0 aromatic rings. The van der Waals surface area contributed by atoms with Crippen molar-refractivity contribution in [3.63, 3.8) is 0 Å². The topological polar surface area (TPSA) is 55.1 Å². The number of carbonyl (C=O) groups excluding carboxylic acids is 1. The Labute approximate surface area is 96.8 Å². The molecule has 1 rings (SSSR count). The van der Waals surface area contributed by atoms with Crippen LogP contribution in [-0.4, -0.2) is 16.9 Å². The monoisotopic (exact) mass is 228 g/mol. The predicted molar refractivity (Wildman–Crippen MR) is 65.4 cm³/mol. The minimum absolute atomic E-state index is 0.0894. The van der Waals surface area contributed by atoms with E-state index in [0.717, 1.165) is 6.42 Å². The van der Waals surface area contributed by atoms with E-state index in [1.165, 1.54) is 0 Å². The Morgan fingerprint density at radius 1 is 1.53 bits per heavy atom. The first kappa shape index (κ1) is 12.4. The third kappa shape index (κ3) is 2.91. The molecule has 0 bridgehead atoms. The molecule has 0 saturated heterocycles. The van der Waals surface area contributed by atoms with Gasteiger partial charge in [-0.3, -0.25) is 4.79 Å². The Hall–Kier alpha value is -0.640. The molecule has 2 atom stereocenters. The second-order valence-electron chi connectivity index (χ2n) is 5.38. The molecule has 1 amide bonds. The fourth-order valence-electron chi connectivity index (χ4n) is 1.73.